The molecule has 1 heterocycles. The number of benzene rings is 1. The fraction of sp³-hybridized carbons (Fsp3) is 0.562. The van der Waals surface area contributed by atoms with Crippen LogP contribution in [-0.4, -0.2) is 22.7 Å². The van der Waals surface area contributed by atoms with Gasteiger partial charge >= 0.3 is 5.97 Å². The van der Waals surface area contributed by atoms with Crippen molar-refractivity contribution in [2.75, 3.05) is 4.90 Å². The highest BCUT2D eigenvalue weighted by Crippen LogP contribution is 2.45. The van der Waals surface area contributed by atoms with Crippen LogP contribution >= 0.6 is 11.6 Å². The van der Waals surface area contributed by atoms with Crippen molar-refractivity contribution in [1.29, 1.82) is 0 Å². The monoisotopic (exact) mass is 295 g/mol. The van der Waals surface area contributed by atoms with Gasteiger partial charge in [0.25, 0.3) is 0 Å². The molecule has 0 saturated carbocycles. The Morgan fingerprint density at radius 1 is 1.55 bits per heavy atom. The molecule has 0 bridgehead atoms. The summed E-state index contributed by atoms with van der Waals surface area (Å²) >= 11 is 6.10. The van der Waals surface area contributed by atoms with E-state index in [0.717, 1.165) is 17.7 Å². The predicted molar refractivity (Wildman–Crippen MR) is 82.8 cm³/mol. The molecule has 1 aliphatic rings. The number of hydrogen-bond donors (Lipinski definition) is 1. The summed E-state index contributed by atoms with van der Waals surface area (Å²) in [5.74, 6) is -0.391. The third kappa shape index (κ3) is 2.51. The number of nitrogens with zero attached hydrogens (tertiary/aromatic N) is 1. The summed E-state index contributed by atoms with van der Waals surface area (Å²) in [6.07, 6.45) is 1.50. The van der Waals surface area contributed by atoms with Gasteiger partial charge in [-0.2, -0.15) is 0 Å². The van der Waals surface area contributed by atoms with Crippen LogP contribution in [0.15, 0.2) is 18.2 Å². The van der Waals surface area contributed by atoms with E-state index in [9.17, 15) is 9.90 Å². The third-order valence-electron chi connectivity index (χ3n) is 4.22. The standard InChI is InChI=1S/C16H22ClNO2/c1-5-13(15(19)20)18-14-7-6-11(17)8-12(14)10(2)9-16(18,3)4/h6-8,10,13H,5,9H2,1-4H3,(H,19,20). The third-order valence-corrected chi connectivity index (χ3v) is 4.46. The number of carbonyl (C=O) groups is 1. The molecule has 20 heavy (non-hydrogen) atoms. The minimum Gasteiger partial charge on any atom is -0.480 e. The normalized spacial score (nSPS) is 22.2. The molecule has 0 saturated heterocycles. The van der Waals surface area contributed by atoms with Crippen LogP contribution in [-0.2, 0) is 4.79 Å². The number of rotatable bonds is 3. The Kier molecular flexibility index (Phi) is 4.01. The maximum absolute atomic E-state index is 11.6. The molecule has 0 aromatic heterocycles. The lowest BCUT2D eigenvalue weighted by molar-refractivity contribution is -0.139. The lowest BCUT2D eigenvalue weighted by atomic mass is 9.79. The second-order valence-corrected chi connectivity index (χ2v) is 6.69. The summed E-state index contributed by atoms with van der Waals surface area (Å²) < 4.78 is 0. The van der Waals surface area contributed by atoms with Crippen molar-refractivity contribution in [3.63, 3.8) is 0 Å². The first-order valence-corrected chi connectivity index (χ1v) is 7.47. The lowest BCUT2D eigenvalue weighted by Crippen LogP contribution is -2.56. The summed E-state index contributed by atoms with van der Waals surface area (Å²) in [6, 6.07) is 5.27. The molecule has 0 spiro atoms. The fourth-order valence-electron chi connectivity index (χ4n) is 3.48. The molecule has 1 aliphatic heterocycles. The van der Waals surface area contributed by atoms with Gasteiger partial charge in [-0.05, 0) is 56.4 Å². The molecule has 4 heteroatoms. The van der Waals surface area contributed by atoms with Crippen molar-refractivity contribution >= 4 is 23.3 Å². The van der Waals surface area contributed by atoms with Gasteiger partial charge in [0, 0.05) is 16.2 Å². The molecule has 2 unspecified atom stereocenters. The van der Waals surface area contributed by atoms with Gasteiger partial charge in [-0.25, -0.2) is 4.79 Å². The average molecular weight is 296 g/mol. The van der Waals surface area contributed by atoms with Gasteiger partial charge in [-0.3, -0.25) is 0 Å². The van der Waals surface area contributed by atoms with Gasteiger partial charge in [0.15, 0.2) is 0 Å². The number of anilines is 1. The zero-order chi connectivity index (χ0) is 15.1. The van der Waals surface area contributed by atoms with Gasteiger partial charge in [-0.1, -0.05) is 25.4 Å². The van der Waals surface area contributed by atoms with Crippen molar-refractivity contribution in [3.8, 4) is 0 Å². The average Bonchev–Trinajstić information content (AvgIpc) is 2.33. The molecule has 2 atom stereocenters. The number of carboxylic acid groups (broad SMARTS) is 1. The minimum absolute atomic E-state index is 0.181. The SMILES string of the molecule is CCC(C(=O)O)N1c2ccc(Cl)cc2C(C)CC1(C)C. The van der Waals surface area contributed by atoms with Crippen LogP contribution in [0.25, 0.3) is 0 Å². The second-order valence-electron chi connectivity index (χ2n) is 6.25. The van der Waals surface area contributed by atoms with Crippen molar-refractivity contribution in [3.05, 3.63) is 28.8 Å². The molecule has 2 rings (SSSR count). The van der Waals surface area contributed by atoms with E-state index in [4.69, 9.17) is 11.6 Å². The summed E-state index contributed by atoms with van der Waals surface area (Å²) in [6.45, 7) is 8.33. The summed E-state index contributed by atoms with van der Waals surface area (Å²) in [7, 11) is 0. The van der Waals surface area contributed by atoms with Crippen molar-refractivity contribution in [2.24, 2.45) is 0 Å². The number of carboxylic acids is 1. The van der Waals surface area contributed by atoms with Crippen LogP contribution in [0.5, 0.6) is 0 Å². The van der Waals surface area contributed by atoms with Gasteiger partial charge in [-0.15, -0.1) is 0 Å². The quantitative estimate of drug-likeness (QED) is 0.904. The van der Waals surface area contributed by atoms with E-state index in [1.807, 2.05) is 25.1 Å². The Hall–Kier alpha value is -1.22. The Balaban J connectivity index is 2.59. The molecule has 1 aromatic carbocycles. The summed E-state index contributed by atoms with van der Waals surface area (Å²) in [5.41, 5.74) is 1.98. The number of fused-ring (bicyclic) bond motifs is 1. The van der Waals surface area contributed by atoms with E-state index in [1.165, 1.54) is 0 Å². The highest BCUT2D eigenvalue weighted by Gasteiger charge is 2.41. The van der Waals surface area contributed by atoms with Crippen molar-refractivity contribution < 1.29 is 9.90 Å². The smallest absolute Gasteiger partial charge is 0.326 e. The van der Waals surface area contributed by atoms with Crippen molar-refractivity contribution in [2.45, 2.75) is 58.0 Å². The molecule has 3 nitrogen and oxygen atoms in total. The van der Waals surface area contributed by atoms with E-state index in [1.54, 1.807) is 0 Å². The fourth-order valence-corrected chi connectivity index (χ4v) is 3.66. The Bertz CT molecular complexity index is 527. The molecule has 1 N–H and O–H groups in total. The maximum Gasteiger partial charge on any atom is 0.326 e. The summed E-state index contributed by atoms with van der Waals surface area (Å²) in [4.78, 5) is 13.7. The van der Waals surface area contributed by atoms with Gasteiger partial charge in [0.2, 0.25) is 0 Å². The Morgan fingerprint density at radius 3 is 2.75 bits per heavy atom. The first-order valence-electron chi connectivity index (χ1n) is 7.09. The largest absolute Gasteiger partial charge is 0.480 e. The van der Waals surface area contributed by atoms with Gasteiger partial charge < -0.3 is 10.0 Å². The van der Waals surface area contributed by atoms with Crippen LogP contribution in [0.4, 0.5) is 5.69 Å². The Morgan fingerprint density at radius 2 is 2.20 bits per heavy atom. The van der Waals surface area contributed by atoms with E-state index in [0.29, 0.717) is 17.4 Å². The van der Waals surface area contributed by atoms with Gasteiger partial charge in [0.05, 0.1) is 0 Å². The predicted octanol–water partition coefficient (Wildman–Crippen LogP) is 4.30. The zero-order valence-corrected chi connectivity index (χ0v) is 13.2. The number of halogens is 1. The maximum atomic E-state index is 11.6. The van der Waals surface area contributed by atoms with E-state index in [-0.39, 0.29) is 5.54 Å². The molecular weight excluding hydrogens is 274 g/mol. The molecular formula is C16H22ClNO2. The topological polar surface area (TPSA) is 40.5 Å². The van der Waals surface area contributed by atoms with Crippen LogP contribution < -0.4 is 4.90 Å². The van der Waals surface area contributed by atoms with E-state index >= 15 is 0 Å². The van der Waals surface area contributed by atoms with Crippen molar-refractivity contribution in [1.82, 2.24) is 0 Å². The molecule has 0 fully saturated rings. The molecule has 0 amide bonds. The van der Waals surface area contributed by atoms with E-state index in [2.05, 4.69) is 25.7 Å². The van der Waals surface area contributed by atoms with Crippen LogP contribution in [0, 0.1) is 0 Å². The number of hydrogen-bond acceptors (Lipinski definition) is 2. The van der Waals surface area contributed by atoms with E-state index < -0.39 is 12.0 Å². The zero-order valence-electron chi connectivity index (χ0n) is 12.5. The van der Waals surface area contributed by atoms with Crippen LogP contribution in [0.3, 0.4) is 0 Å². The van der Waals surface area contributed by atoms with Crippen LogP contribution in [0.2, 0.25) is 5.02 Å². The van der Waals surface area contributed by atoms with Crippen LogP contribution in [0.1, 0.15) is 52.0 Å². The Labute approximate surface area is 125 Å². The second kappa shape index (κ2) is 5.28. The first kappa shape index (κ1) is 15.2. The minimum atomic E-state index is -0.768. The highest BCUT2D eigenvalue weighted by molar-refractivity contribution is 6.30. The lowest BCUT2D eigenvalue weighted by Gasteiger charge is -2.50. The van der Waals surface area contributed by atoms with Gasteiger partial charge in [0.1, 0.15) is 6.04 Å². The highest BCUT2D eigenvalue weighted by atomic mass is 35.5. The molecule has 110 valence electrons. The molecule has 1 aromatic rings. The molecule has 0 radical (unpaired) electrons. The number of aliphatic carboxylic acids is 1. The first-order chi connectivity index (χ1) is 9.27. The molecule has 0 aliphatic carbocycles. The summed E-state index contributed by atoms with van der Waals surface area (Å²) in [5, 5.41) is 10.2.